The number of nitrogens with zero attached hydrogens (tertiary/aromatic N) is 6. The van der Waals surface area contributed by atoms with E-state index in [2.05, 4.69) is 19.9 Å². The van der Waals surface area contributed by atoms with E-state index in [0.29, 0.717) is 6.61 Å². The number of esters is 1. The Morgan fingerprint density at radius 3 is 2.33 bits per heavy atom. The smallest absolute Gasteiger partial charge is 0.350 e. The lowest BCUT2D eigenvalue weighted by Gasteiger charge is -2.39. The molecule has 33 heavy (non-hydrogen) atoms. The Hall–Kier alpha value is -3.46. The number of anilines is 1. The predicted molar refractivity (Wildman–Crippen MR) is 126 cm³/mol. The van der Waals surface area contributed by atoms with Crippen molar-refractivity contribution >= 4 is 11.7 Å². The summed E-state index contributed by atoms with van der Waals surface area (Å²) in [7, 11) is 0. The van der Waals surface area contributed by atoms with Crippen LogP contribution < -0.4 is 10.6 Å². The molecule has 1 fully saturated rings. The van der Waals surface area contributed by atoms with Crippen LogP contribution in [0.15, 0.2) is 59.9 Å². The van der Waals surface area contributed by atoms with E-state index in [1.807, 2.05) is 57.2 Å². The first kappa shape index (κ1) is 22.7. The van der Waals surface area contributed by atoms with Gasteiger partial charge in [-0.15, -0.1) is 0 Å². The molecule has 0 spiro atoms. The minimum absolute atomic E-state index is 0.0134. The molecule has 9 nitrogen and oxygen atoms in total. The highest BCUT2D eigenvalue weighted by molar-refractivity contribution is 5.77. The van der Waals surface area contributed by atoms with Gasteiger partial charge in [-0.3, -0.25) is 9.88 Å². The van der Waals surface area contributed by atoms with Gasteiger partial charge in [0.15, 0.2) is 0 Å². The molecule has 4 rings (SSSR count). The summed E-state index contributed by atoms with van der Waals surface area (Å²) in [6.07, 6.45) is 5.00. The second-order valence-electron chi connectivity index (χ2n) is 8.30. The third-order valence-electron chi connectivity index (χ3n) is 5.87. The number of aromatic nitrogens is 4. The molecule has 0 radical (unpaired) electrons. The number of carbonyl (C=O) groups is 1. The van der Waals surface area contributed by atoms with Crippen molar-refractivity contribution in [3.63, 3.8) is 0 Å². The summed E-state index contributed by atoms with van der Waals surface area (Å²) in [4.78, 5) is 33.8. The molecule has 174 valence electrons. The summed E-state index contributed by atoms with van der Waals surface area (Å²) < 4.78 is 8.37. The van der Waals surface area contributed by atoms with Crippen molar-refractivity contribution < 1.29 is 9.53 Å². The normalized spacial score (nSPS) is 15.6. The van der Waals surface area contributed by atoms with E-state index in [9.17, 15) is 9.59 Å². The summed E-state index contributed by atoms with van der Waals surface area (Å²) in [5.41, 5.74) is 2.57. The largest absolute Gasteiger partial charge is 0.465 e. The molecular weight excluding hydrogens is 420 g/mol. The van der Waals surface area contributed by atoms with Crippen molar-refractivity contribution in [2.45, 2.75) is 32.9 Å². The Bertz CT molecular complexity index is 1120. The lowest BCUT2D eigenvalue weighted by Crippen LogP contribution is -2.49. The van der Waals surface area contributed by atoms with E-state index >= 15 is 0 Å². The van der Waals surface area contributed by atoms with Gasteiger partial charge in [-0.2, -0.15) is 5.10 Å². The van der Waals surface area contributed by atoms with Crippen LogP contribution in [0.2, 0.25) is 0 Å². The Morgan fingerprint density at radius 2 is 1.76 bits per heavy atom. The van der Waals surface area contributed by atoms with Crippen molar-refractivity contribution in [1.29, 1.82) is 0 Å². The van der Waals surface area contributed by atoms with Crippen LogP contribution >= 0.6 is 0 Å². The standard InChI is InChI=1S/C24H30N6O3/c1-4-33-23(31)22(19-6-5-11-25-16-19)28-14-12-27(13-15-28)20-7-9-21(10-8-20)29-17-26-30(18(2)3)24(29)32/h5-11,16-18,22H,4,12-15H2,1-3H3. The van der Waals surface area contributed by atoms with Gasteiger partial charge in [0.25, 0.3) is 0 Å². The molecule has 0 bridgehead atoms. The lowest BCUT2D eigenvalue weighted by atomic mass is 10.1. The highest BCUT2D eigenvalue weighted by Crippen LogP contribution is 2.25. The van der Waals surface area contributed by atoms with Crippen molar-refractivity contribution in [2.24, 2.45) is 0 Å². The molecule has 9 heteroatoms. The molecule has 1 saturated heterocycles. The second kappa shape index (κ2) is 9.99. The number of hydrogen-bond donors (Lipinski definition) is 0. The van der Waals surface area contributed by atoms with Crippen molar-refractivity contribution in [1.82, 2.24) is 24.2 Å². The number of carbonyl (C=O) groups excluding carboxylic acids is 1. The van der Waals surface area contributed by atoms with Crippen LogP contribution in [0.1, 0.15) is 38.4 Å². The van der Waals surface area contributed by atoms with E-state index in [0.717, 1.165) is 43.1 Å². The fraction of sp³-hybridized carbons (Fsp3) is 0.417. The van der Waals surface area contributed by atoms with Crippen molar-refractivity contribution in [2.75, 3.05) is 37.7 Å². The van der Waals surface area contributed by atoms with Crippen LogP contribution in [0.5, 0.6) is 0 Å². The Balaban J connectivity index is 1.45. The number of ether oxygens (including phenoxy) is 1. The van der Waals surface area contributed by atoms with E-state index in [-0.39, 0.29) is 17.7 Å². The minimum Gasteiger partial charge on any atom is -0.465 e. The van der Waals surface area contributed by atoms with Gasteiger partial charge in [-0.05, 0) is 56.7 Å². The monoisotopic (exact) mass is 450 g/mol. The van der Waals surface area contributed by atoms with Gasteiger partial charge in [-0.1, -0.05) is 6.07 Å². The average Bonchev–Trinajstić information content (AvgIpc) is 3.22. The average molecular weight is 451 g/mol. The Kier molecular flexibility index (Phi) is 6.88. The summed E-state index contributed by atoms with van der Waals surface area (Å²) in [6.45, 7) is 9.04. The second-order valence-corrected chi connectivity index (χ2v) is 8.30. The summed E-state index contributed by atoms with van der Waals surface area (Å²) in [6, 6.07) is 11.2. The fourth-order valence-corrected chi connectivity index (χ4v) is 4.17. The van der Waals surface area contributed by atoms with Gasteiger partial charge in [0.2, 0.25) is 0 Å². The molecule has 1 unspecified atom stereocenters. The first-order valence-corrected chi connectivity index (χ1v) is 11.3. The molecule has 3 aromatic rings. The molecular formula is C24H30N6O3. The third kappa shape index (κ3) is 4.83. The van der Waals surface area contributed by atoms with Gasteiger partial charge in [-0.25, -0.2) is 18.8 Å². The third-order valence-corrected chi connectivity index (χ3v) is 5.87. The van der Waals surface area contributed by atoms with Crippen LogP contribution in [-0.2, 0) is 9.53 Å². The Morgan fingerprint density at radius 1 is 1.06 bits per heavy atom. The summed E-state index contributed by atoms with van der Waals surface area (Å²) in [5.74, 6) is -0.240. The first-order chi connectivity index (χ1) is 16.0. The molecule has 0 aliphatic carbocycles. The zero-order valence-electron chi connectivity index (χ0n) is 19.3. The number of benzene rings is 1. The van der Waals surface area contributed by atoms with Gasteiger partial charge >= 0.3 is 11.7 Å². The first-order valence-electron chi connectivity index (χ1n) is 11.3. The number of pyridine rings is 1. The predicted octanol–water partition coefficient (Wildman–Crippen LogP) is 2.44. The SMILES string of the molecule is CCOC(=O)C(c1cccnc1)N1CCN(c2ccc(-n3cnn(C(C)C)c3=O)cc2)CC1. The van der Waals surface area contributed by atoms with E-state index in [4.69, 9.17) is 4.74 Å². The van der Waals surface area contributed by atoms with Crippen molar-refractivity contribution in [3.05, 3.63) is 71.2 Å². The van der Waals surface area contributed by atoms with E-state index in [1.54, 1.807) is 23.3 Å². The maximum Gasteiger partial charge on any atom is 0.350 e. The maximum atomic E-state index is 12.7. The van der Waals surface area contributed by atoms with Crippen molar-refractivity contribution in [3.8, 4) is 5.69 Å². The molecule has 1 atom stereocenters. The quantitative estimate of drug-likeness (QED) is 0.511. The minimum atomic E-state index is -0.451. The van der Waals surface area contributed by atoms with Gasteiger partial charge in [0.1, 0.15) is 12.4 Å². The van der Waals surface area contributed by atoms with Crippen LogP contribution in [-0.4, -0.2) is 63.0 Å². The lowest BCUT2D eigenvalue weighted by molar-refractivity contribution is -0.150. The highest BCUT2D eigenvalue weighted by atomic mass is 16.5. The number of piperazine rings is 1. The van der Waals surface area contributed by atoms with E-state index < -0.39 is 6.04 Å². The van der Waals surface area contributed by atoms with E-state index in [1.165, 1.54) is 4.68 Å². The van der Waals surface area contributed by atoms with Crippen LogP contribution in [0.25, 0.3) is 5.69 Å². The van der Waals surface area contributed by atoms with Crippen LogP contribution in [0.3, 0.4) is 0 Å². The fourth-order valence-electron chi connectivity index (χ4n) is 4.17. The van der Waals surface area contributed by atoms with Gasteiger partial charge in [0, 0.05) is 44.3 Å². The van der Waals surface area contributed by atoms with Gasteiger partial charge in [0.05, 0.1) is 18.3 Å². The number of hydrogen-bond acceptors (Lipinski definition) is 7. The molecule has 3 heterocycles. The molecule has 1 aliphatic rings. The number of rotatable bonds is 7. The van der Waals surface area contributed by atoms with Crippen LogP contribution in [0.4, 0.5) is 5.69 Å². The molecule has 1 aliphatic heterocycles. The molecule has 0 amide bonds. The maximum absolute atomic E-state index is 12.7. The molecule has 0 saturated carbocycles. The summed E-state index contributed by atoms with van der Waals surface area (Å²) >= 11 is 0. The zero-order valence-corrected chi connectivity index (χ0v) is 19.3. The molecule has 0 N–H and O–H groups in total. The molecule has 1 aromatic carbocycles. The van der Waals surface area contributed by atoms with Gasteiger partial charge < -0.3 is 9.64 Å². The van der Waals surface area contributed by atoms with Crippen LogP contribution in [0, 0.1) is 0 Å². The zero-order chi connectivity index (χ0) is 23.4. The Labute approximate surface area is 193 Å². The summed E-state index contributed by atoms with van der Waals surface area (Å²) in [5, 5.41) is 4.19. The topological polar surface area (TPSA) is 85.5 Å². The highest BCUT2D eigenvalue weighted by Gasteiger charge is 2.31. The molecule has 2 aromatic heterocycles.